The molecule has 0 spiro atoms. The van der Waals surface area contributed by atoms with Crippen LogP contribution in [0, 0.1) is 5.82 Å². The van der Waals surface area contributed by atoms with Crippen molar-refractivity contribution in [1.82, 2.24) is 5.32 Å². The molecule has 0 aromatic heterocycles. The molecule has 1 unspecified atom stereocenters. The third-order valence-electron chi connectivity index (χ3n) is 2.53. The number of nitrogens with one attached hydrogen (secondary N) is 1. The summed E-state index contributed by atoms with van der Waals surface area (Å²) < 4.78 is 54.4. The minimum atomic E-state index is -4.17. The van der Waals surface area contributed by atoms with Crippen LogP contribution in [0.1, 0.15) is 24.5 Å². The van der Waals surface area contributed by atoms with Crippen molar-refractivity contribution in [3.8, 4) is 0 Å². The van der Waals surface area contributed by atoms with E-state index in [-0.39, 0.29) is 13.0 Å². The SMILES string of the molecule is CNCC(OCCCC(F)(F)F)c1cccc(F)c1. The molecule has 1 atom stereocenters. The lowest BCUT2D eigenvalue weighted by molar-refractivity contribution is -0.138. The summed E-state index contributed by atoms with van der Waals surface area (Å²) in [4.78, 5) is 0. The van der Waals surface area contributed by atoms with Gasteiger partial charge in [-0.25, -0.2) is 4.39 Å². The van der Waals surface area contributed by atoms with Crippen molar-refractivity contribution in [2.24, 2.45) is 0 Å². The lowest BCUT2D eigenvalue weighted by Crippen LogP contribution is -2.21. The van der Waals surface area contributed by atoms with E-state index >= 15 is 0 Å². The van der Waals surface area contributed by atoms with E-state index in [1.165, 1.54) is 12.1 Å². The van der Waals surface area contributed by atoms with Crippen LogP contribution in [0.15, 0.2) is 24.3 Å². The van der Waals surface area contributed by atoms with Crippen molar-refractivity contribution in [2.45, 2.75) is 25.1 Å². The molecule has 1 N–H and O–H groups in total. The van der Waals surface area contributed by atoms with E-state index < -0.39 is 24.5 Å². The quantitative estimate of drug-likeness (QED) is 0.610. The van der Waals surface area contributed by atoms with E-state index in [0.29, 0.717) is 12.1 Å². The molecule has 2 nitrogen and oxygen atoms in total. The Hall–Kier alpha value is -1.14. The first-order valence-corrected chi connectivity index (χ1v) is 6.01. The number of benzene rings is 1. The number of hydrogen-bond acceptors (Lipinski definition) is 2. The van der Waals surface area contributed by atoms with Crippen LogP contribution in [-0.4, -0.2) is 26.4 Å². The van der Waals surface area contributed by atoms with Gasteiger partial charge in [-0.3, -0.25) is 0 Å². The van der Waals surface area contributed by atoms with Crippen molar-refractivity contribution in [2.75, 3.05) is 20.2 Å². The molecular weight excluding hydrogens is 262 g/mol. The third kappa shape index (κ3) is 6.54. The maximum Gasteiger partial charge on any atom is 0.389 e. The second-order valence-corrected chi connectivity index (χ2v) is 4.19. The standard InChI is InChI=1S/C13H17F4NO/c1-18-9-12(10-4-2-5-11(14)8-10)19-7-3-6-13(15,16)17/h2,4-5,8,12,18H,3,6-7,9H2,1H3. The smallest absolute Gasteiger partial charge is 0.372 e. The first kappa shape index (κ1) is 15.9. The van der Waals surface area contributed by atoms with Gasteiger partial charge in [-0.05, 0) is 31.2 Å². The molecule has 0 amide bonds. The Kier molecular flexibility index (Phi) is 6.24. The highest BCUT2D eigenvalue weighted by atomic mass is 19.4. The van der Waals surface area contributed by atoms with Gasteiger partial charge in [0, 0.05) is 19.6 Å². The molecule has 0 aliphatic heterocycles. The zero-order valence-electron chi connectivity index (χ0n) is 10.6. The van der Waals surface area contributed by atoms with E-state index in [9.17, 15) is 17.6 Å². The maximum absolute atomic E-state index is 13.1. The van der Waals surface area contributed by atoms with Gasteiger partial charge >= 0.3 is 6.18 Å². The zero-order valence-corrected chi connectivity index (χ0v) is 10.6. The third-order valence-corrected chi connectivity index (χ3v) is 2.53. The normalized spacial score (nSPS) is 13.5. The van der Waals surface area contributed by atoms with Gasteiger partial charge in [0.1, 0.15) is 5.82 Å². The van der Waals surface area contributed by atoms with Gasteiger partial charge in [0.05, 0.1) is 6.10 Å². The predicted molar refractivity (Wildman–Crippen MR) is 64.3 cm³/mol. The Labute approximate surface area is 109 Å². The van der Waals surface area contributed by atoms with E-state index in [2.05, 4.69) is 5.32 Å². The lowest BCUT2D eigenvalue weighted by atomic mass is 10.1. The largest absolute Gasteiger partial charge is 0.389 e. The van der Waals surface area contributed by atoms with Crippen LogP contribution < -0.4 is 5.32 Å². The minimum absolute atomic E-state index is 0.0115. The summed E-state index contributed by atoms with van der Waals surface area (Å²) in [5.74, 6) is -0.391. The van der Waals surface area contributed by atoms with Crippen LogP contribution in [0.25, 0.3) is 0 Å². The van der Waals surface area contributed by atoms with Crippen molar-refractivity contribution in [3.63, 3.8) is 0 Å². The first-order valence-electron chi connectivity index (χ1n) is 6.01. The van der Waals surface area contributed by atoms with Crippen molar-refractivity contribution < 1.29 is 22.3 Å². The summed E-state index contributed by atoms with van der Waals surface area (Å²) in [5, 5.41) is 2.87. The monoisotopic (exact) mass is 279 g/mol. The lowest BCUT2D eigenvalue weighted by Gasteiger charge is -2.18. The molecule has 0 bridgehead atoms. The molecule has 0 aliphatic carbocycles. The summed E-state index contributed by atoms with van der Waals surface area (Å²) in [6.07, 6.45) is -5.59. The van der Waals surface area contributed by atoms with Gasteiger partial charge in [0.2, 0.25) is 0 Å². The summed E-state index contributed by atoms with van der Waals surface area (Å²) in [6.45, 7) is 0.401. The number of rotatable bonds is 7. The Morgan fingerprint density at radius 1 is 1.32 bits per heavy atom. The van der Waals surface area contributed by atoms with Crippen LogP contribution >= 0.6 is 0 Å². The fourth-order valence-electron chi connectivity index (χ4n) is 1.66. The van der Waals surface area contributed by atoms with Gasteiger partial charge in [-0.2, -0.15) is 13.2 Å². The Morgan fingerprint density at radius 3 is 2.63 bits per heavy atom. The first-order chi connectivity index (χ1) is 8.92. The average Bonchev–Trinajstić information content (AvgIpc) is 2.32. The van der Waals surface area contributed by atoms with Gasteiger partial charge in [0.25, 0.3) is 0 Å². The molecule has 0 aliphatic rings. The van der Waals surface area contributed by atoms with Gasteiger partial charge in [-0.1, -0.05) is 12.1 Å². The molecule has 0 saturated heterocycles. The summed E-state index contributed by atoms with van der Waals surface area (Å²) >= 11 is 0. The Balaban J connectivity index is 2.49. The van der Waals surface area contributed by atoms with Crippen LogP contribution in [0.3, 0.4) is 0 Å². The van der Waals surface area contributed by atoms with E-state index in [4.69, 9.17) is 4.74 Å². The van der Waals surface area contributed by atoms with Gasteiger partial charge < -0.3 is 10.1 Å². The number of hydrogen-bond donors (Lipinski definition) is 1. The fourth-order valence-corrected chi connectivity index (χ4v) is 1.66. The van der Waals surface area contributed by atoms with Crippen molar-refractivity contribution >= 4 is 0 Å². The van der Waals surface area contributed by atoms with Gasteiger partial charge in [-0.15, -0.1) is 0 Å². The second kappa shape index (κ2) is 7.45. The molecular formula is C13H17F4NO. The van der Waals surface area contributed by atoms with Crippen LogP contribution in [0.2, 0.25) is 0 Å². The van der Waals surface area contributed by atoms with Crippen LogP contribution in [0.5, 0.6) is 0 Å². The number of likely N-dealkylation sites (N-methyl/N-ethyl adjacent to an activating group) is 1. The van der Waals surface area contributed by atoms with E-state index in [0.717, 1.165) is 0 Å². The molecule has 108 valence electrons. The Morgan fingerprint density at radius 2 is 2.05 bits per heavy atom. The average molecular weight is 279 g/mol. The van der Waals surface area contributed by atoms with E-state index in [1.807, 2.05) is 0 Å². The molecule has 19 heavy (non-hydrogen) atoms. The summed E-state index contributed by atoms with van der Waals surface area (Å²) in [5.41, 5.74) is 0.612. The summed E-state index contributed by atoms with van der Waals surface area (Å²) in [6, 6.07) is 5.87. The summed E-state index contributed by atoms with van der Waals surface area (Å²) in [7, 11) is 1.70. The zero-order chi connectivity index (χ0) is 14.3. The maximum atomic E-state index is 13.1. The molecule has 1 aromatic rings. The highest BCUT2D eigenvalue weighted by molar-refractivity contribution is 5.19. The highest BCUT2D eigenvalue weighted by Crippen LogP contribution is 2.23. The van der Waals surface area contributed by atoms with E-state index in [1.54, 1.807) is 19.2 Å². The molecule has 1 aromatic carbocycles. The van der Waals surface area contributed by atoms with Crippen molar-refractivity contribution in [1.29, 1.82) is 0 Å². The number of alkyl halides is 3. The second-order valence-electron chi connectivity index (χ2n) is 4.19. The highest BCUT2D eigenvalue weighted by Gasteiger charge is 2.26. The molecule has 0 saturated carbocycles. The molecule has 0 fully saturated rings. The molecule has 0 radical (unpaired) electrons. The van der Waals surface area contributed by atoms with Crippen molar-refractivity contribution in [3.05, 3.63) is 35.6 Å². The number of ether oxygens (including phenoxy) is 1. The fraction of sp³-hybridized carbons (Fsp3) is 0.538. The molecule has 0 heterocycles. The molecule has 1 rings (SSSR count). The topological polar surface area (TPSA) is 21.3 Å². The van der Waals surface area contributed by atoms with Crippen LogP contribution in [-0.2, 0) is 4.74 Å². The molecule has 6 heteroatoms. The predicted octanol–water partition coefficient (Wildman–Crippen LogP) is 3.45. The van der Waals surface area contributed by atoms with Gasteiger partial charge in [0.15, 0.2) is 0 Å². The van der Waals surface area contributed by atoms with Crippen LogP contribution in [0.4, 0.5) is 17.6 Å². The number of halogens is 4. The Bertz CT molecular complexity index is 381. The minimum Gasteiger partial charge on any atom is -0.372 e.